The summed E-state index contributed by atoms with van der Waals surface area (Å²) in [5, 5.41) is 15.0. The van der Waals surface area contributed by atoms with E-state index in [1.54, 1.807) is 11.3 Å². The number of thiophene rings is 1. The third-order valence-corrected chi connectivity index (χ3v) is 3.83. The number of aromatic nitrogens is 3. The van der Waals surface area contributed by atoms with Gasteiger partial charge >= 0.3 is 0 Å². The van der Waals surface area contributed by atoms with Crippen molar-refractivity contribution >= 4 is 11.3 Å². The van der Waals surface area contributed by atoms with Crippen molar-refractivity contribution in [3.63, 3.8) is 0 Å². The van der Waals surface area contributed by atoms with Crippen molar-refractivity contribution in [2.75, 3.05) is 0 Å². The van der Waals surface area contributed by atoms with Crippen LogP contribution < -0.4 is 5.32 Å². The van der Waals surface area contributed by atoms with Gasteiger partial charge in [-0.25, -0.2) is 4.98 Å². The summed E-state index contributed by atoms with van der Waals surface area (Å²) in [5.41, 5.74) is 2.45. The fraction of sp³-hybridized carbons (Fsp3) is 0.200. The molecule has 0 aliphatic carbocycles. The van der Waals surface area contributed by atoms with Gasteiger partial charge in [-0.15, -0.1) is 0 Å². The van der Waals surface area contributed by atoms with E-state index in [4.69, 9.17) is 0 Å². The Balaban J connectivity index is 1.84. The monoisotopic (exact) mass is 284 g/mol. The molecule has 0 saturated heterocycles. The van der Waals surface area contributed by atoms with E-state index in [2.05, 4.69) is 49.5 Å². The van der Waals surface area contributed by atoms with Gasteiger partial charge in [0.15, 0.2) is 5.82 Å². The van der Waals surface area contributed by atoms with Gasteiger partial charge in [-0.2, -0.15) is 16.4 Å². The smallest absolute Gasteiger partial charge is 0.172 e. The normalized spacial score (nSPS) is 12.4. The van der Waals surface area contributed by atoms with E-state index in [1.807, 2.05) is 25.1 Å². The number of aromatic amines is 1. The summed E-state index contributed by atoms with van der Waals surface area (Å²) in [6, 6.07) is 12.4. The predicted molar refractivity (Wildman–Crippen MR) is 80.6 cm³/mol. The molecule has 5 heteroatoms. The third kappa shape index (κ3) is 2.95. The molecule has 4 nitrogen and oxygen atoms in total. The topological polar surface area (TPSA) is 53.6 Å². The second kappa shape index (κ2) is 5.98. The number of hydrogen-bond acceptors (Lipinski definition) is 4. The van der Waals surface area contributed by atoms with Crippen LogP contribution in [0.1, 0.15) is 28.8 Å². The van der Waals surface area contributed by atoms with Crippen molar-refractivity contribution in [3.8, 4) is 0 Å². The maximum absolute atomic E-state index is 4.46. The van der Waals surface area contributed by atoms with Crippen LogP contribution in [0.3, 0.4) is 0 Å². The summed E-state index contributed by atoms with van der Waals surface area (Å²) in [6.45, 7) is 2.72. The van der Waals surface area contributed by atoms with E-state index >= 15 is 0 Å². The molecule has 102 valence electrons. The second-order valence-corrected chi connectivity index (χ2v) is 5.42. The minimum absolute atomic E-state index is 0.000972. The molecule has 20 heavy (non-hydrogen) atoms. The number of H-pyrrole nitrogens is 1. The molecule has 1 atom stereocenters. The van der Waals surface area contributed by atoms with Gasteiger partial charge in [0.25, 0.3) is 0 Å². The Hall–Kier alpha value is -1.98. The molecule has 0 saturated carbocycles. The van der Waals surface area contributed by atoms with Crippen LogP contribution >= 0.6 is 11.3 Å². The largest absolute Gasteiger partial charge is 0.299 e. The molecule has 2 N–H and O–H groups in total. The van der Waals surface area contributed by atoms with Crippen LogP contribution in [0.5, 0.6) is 0 Å². The lowest BCUT2D eigenvalue weighted by molar-refractivity contribution is 0.578. The predicted octanol–water partition coefficient (Wildman–Crippen LogP) is 3.05. The summed E-state index contributed by atoms with van der Waals surface area (Å²) < 4.78 is 0. The van der Waals surface area contributed by atoms with Gasteiger partial charge in [0.1, 0.15) is 5.82 Å². The molecule has 0 aliphatic heterocycles. The Morgan fingerprint density at radius 2 is 2.10 bits per heavy atom. The number of nitrogens with one attached hydrogen (secondary N) is 2. The molecule has 0 fully saturated rings. The first kappa shape index (κ1) is 13.0. The first-order valence-corrected chi connectivity index (χ1v) is 7.45. The first-order valence-electron chi connectivity index (χ1n) is 6.51. The quantitative estimate of drug-likeness (QED) is 0.757. The molecule has 0 unspecified atom stereocenters. The van der Waals surface area contributed by atoms with Crippen molar-refractivity contribution in [3.05, 3.63) is 69.9 Å². The van der Waals surface area contributed by atoms with Gasteiger partial charge in [0, 0.05) is 6.54 Å². The van der Waals surface area contributed by atoms with E-state index < -0.39 is 0 Å². The molecule has 1 aromatic carbocycles. The van der Waals surface area contributed by atoms with E-state index in [-0.39, 0.29) is 6.04 Å². The molecule has 0 aliphatic rings. The molecule has 0 spiro atoms. The Morgan fingerprint density at radius 1 is 1.25 bits per heavy atom. The molecule has 0 radical (unpaired) electrons. The van der Waals surface area contributed by atoms with Crippen LogP contribution in [0.15, 0.2) is 47.2 Å². The van der Waals surface area contributed by atoms with Crippen LogP contribution in [-0.4, -0.2) is 15.2 Å². The summed E-state index contributed by atoms with van der Waals surface area (Å²) in [7, 11) is 0. The Kier molecular flexibility index (Phi) is 3.90. The van der Waals surface area contributed by atoms with Crippen molar-refractivity contribution < 1.29 is 0 Å². The van der Waals surface area contributed by atoms with Crippen LogP contribution in [0.4, 0.5) is 0 Å². The second-order valence-electron chi connectivity index (χ2n) is 4.64. The first-order chi connectivity index (χ1) is 9.83. The maximum atomic E-state index is 4.46. The van der Waals surface area contributed by atoms with Crippen LogP contribution in [-0.2, 0) is 6.54 Å². The Labute approximate surface area is 121 Å². The van der Waals surface area contributed by atoms with E-state index in [0.717, 1.165) is 18.2 Å². The average Bonchev–Trinajstić information content (AvgIpc) is 3.12. The highest BCUT2D eigenvalue weighted by Crippen LogP contribution is 2.19. The number of benzene rings is 1. The number of aryl methyl sites for hydroxylation is 1. The van der Waals surface area contributed by atoms with Crippen molar-refractivity contribution in [1.82, 2.24) is 20.5 Å². The molecule has 2 heterocycles. The highest BCUT2D eigenvalue weighted by Gasteiger charge is 2.17. The van der Waals surface area contributed by atoms with Crippen molar-refractivity contribution in [2.24, 2.45) is 0 Å². The van der Waals surface area contributed by atoms with Crippen molar-refractivity contribution in [1.29, 1.82) is 0 Å². The number of nitrogens with zero attached hydrogens (tertiary/aromatic N) is 2. The fourth-order valence-corrected chi connectivity index (χ4v) is 2.77. The lowest BCUT2D eigenvalue weighted by atomic mass is 10.1. The van der Waals surface area contributed by atoms with Crippen LogP contribution in [0, 0.1) is 6.92 Å². The van der Waals surface area contributed by atoms with Gasteiger partial charge in [-0.05, 0) is 34.9 Å². The minimum Gasteiger partial charge on any atom is -0.299 e. The van der Waals surface area contributed by atoms with Gasteiger partial charge in [-0.3, -0.25) is 10.4 Å². The van der Waals surface area contributed by atoms with Gasteiger partial charge in [0.2, 0.25) is 0 Å². The SMILES string of the molecule is Cc1nc([C@@H](NCc2ccsc2)c2ccccc2)n[nH]1. The van der Waals surface area contributed by atoms with Gasteiger partial charge in [-0.1, -0.05) is 30.3 Å². The molecule has 0 bridgehead atoms. The minimum atomic E-state index is 0.000972. The summed E-state index contributed by atoms with van der Waals surface area (Å²) in [5.74, 6) is 1.61. The molecule has 0 amide bonds. The summed E-state index contributed by atoms with van der Waals surface area (Å²) in [6.07, 6.45) is 0. The lowest BCUT2D eigenvalue weighted by Gasteiger charge is -2.15. The molecular weight excluding hydrogens is 268 g/mol. The Bertz CT molecular complexity index is 646. The molecular formula is C15H16N4S. The average molecular weight is 284 g/mol. The van der Waals surface area contributed by atoms with Gasteiger partial charge < -0.3 is 0 Å². The molecule has 2 aromatic heterocycles. The molecule has 3 aromatic rings. The van der Waals surface area contributed by atoms with Crippen LogP contribution in [0.25, 0.3) is 0 Å². The standard InChI is InChI=1S/C15H16N4S/c1-11-17-15(19-18-11)14(13-5-3-2-4-6-13)16-9-12-7-8-20-10-12/h2-8,10,14,16H,9H2,1H3,(H,17,18,19)/t14-/m0/s1. The maximum Gasteiger partial charge on any atom is 0.172 e. The Morgan fingerprint density at radius 3 is 2.75 bits per heavy atom. The zero-order valence-electron chi connectivity index (χ0n) is 11.2. The number of rotatable bonds is 5. The van der Waals surface area contributed by atoms with E-state index in [0.29, 0.717) is 0 Å². The fourth-order valence-electron chi connectivity index (χ4n) is 2.11. The zero-order chi connectivity index (χ0) is 13.8. The van der Waals surface area contributed by atoms with Gasteiger partial charge in [0.05, 0.1) is 6.04 Å². The van der Waals surface area contributed by atoms with E-state index in [1.165, 1.54) is 11.1 Å². The third-order valence-electron chi connectivity index (χ3n) is 3.10. The van der Waals surface area contributed by atoms with Crippen LogP contribution in [0.2, 0.25) is 0 Å². The summed E-state index contributed by atoms with van der Waals surface area (Å²) in [4.78, 5) is 4.46. The highest BCUT2D eigenvalue weighted by atomic mass is 32.1. The van der Waals surface area contributed by atoms with E-state index in [9.17, 15) is 0 Å². The lowest BCUT2D eigenvalue weighted by Crippen LogP contribution is -2.23. The summed E-state index contributed by atoms with van der Waals surface area (Å²) >= 11 is 1.71. The highest BCUT2D eigenvalue weighted by molar-refractivity contribution is 7.07. The zero-order valence-corrected chi connectivity index (χ0v) is 12.0. The number of hydrogen-bond donors (Lipinski definition) is 2. The van der Waals surface area contributed by atoms with Crippen molar-refractivity contribution in [2.45, 2.75) is 19.5 Å². The molecule has 3 rings (SSSR count).